The van der Waals surface area contributed by atoms with Gasteiger partial charge in [-0.2, -0.15) is 13.2 Å². The molecule has 0 heterocycles. The van der Waals surface area contributed by atoms with Crippen molar-refractivity contribution in [2.24, 2.45) is 0 Å². The highest BCUT2D eigenvalue weighted by atomic mass is 32.2. The molecule has 0 aliphatic carbocycles. The van der Waals surface area contributed by atoms with Gasteiger partial charge < -0.3 is 10.1 Å². The van der Waals surface area contributed by atoms with Crippen molar-refractivity contribution in [2.75, 3.05) is 25.6 Å². The molecule has 2 N–H and O–H groups in total. The Morgan fingerprint density at radius 3 is 2.37 bits per heavy atom. The third kappa shape index (κ3) is 5.78. The summed E-state index contributed by atoms with van der Waals surface area (Å²) in [4.78, 5) is 12.2. The summed E-state index contributed by atoms with van der Waals surface area (Å²) in [6, 6.07) is 9.21. The summed E-state index contributed by atoms with van der Waals surface area (Å²) in [6.45, 7) is 0.258. The van der Waals surface area contributed by atoms with Gasteiger partial charge in [-0.15, -0.1) is 0 Å². The minimum Gasteiger partial charge on any atom is -0.383 e. The van der Waals surface area contributed by atoms with Gasteiger partial charge in [0, 0.05) is 24.9 Å². The number of anilines is 1. The van der Waals surface area contributed by atoms with E-state index in [9.17, 15) is 26.4 Å². The number of hydrogen-bond acceptors (Lipinski definition) is 4. The van der Waals surface area contributed by atoms with Crippen LogP contribution in [-0.4, -0.2) is 34.6 Å². The van der Waals surface area contributed by atoms with Gasteiger partial charge in [0.15, 0.2) is 0 Å². The van der Waals surface area contributed by atoms with Crippen molar-refractivity contribution in [3.63, 3.8) is 0 Å². The van der Waals surface area contributed by atoms with Gasteiger partial charge >= 0.3 is 6.18 Å². The highest BCUT2D eigenvalue weighted by Gasteiger charge is 2.30. The van der Waals surface area contributed by atoms with Crippen LogP contribution >= 0.6 is 0 Å². The maximum Gasteiger partial charge on any atom is 0.416 e. The van der Waals surface area contributed by atoms with Gasteiger partial charge in [0.2, 0.25) is 10.0 Å². The average Bonchev–Trinajstić information content (AvgIpc) is 2.61. The molecule has 0 saturated heterocycles. The second-order valence-corrected chi connectivity index (χ2v) is 7.21. The Hall–Kier alpha value is -2.43. The molecule has 0 aliphatic heterocycles. The first-order chi connectivity index (χ1) is 12.6. The number of nitrogens with one attached hydrogen (secondary N) is 2. The monoisotopic (exact) mass is 402 g/mol. The molecule has 0 fully saturated rings. The van der Waals surface area contributed by atoms with Crippen molar-refractivity contribution in [1.29, 1.82) is 0 Å². The zero-order valence-electron chi connectivity index (χ0n) is 14.2. The molecule has 0 aliphatic rings. The summed E-state index contributed by atoms with van der Waals surface area (Å²) >= 11 is 0. The van der Waals surface area contributed by atoms with E-state index in [-0.39, 0.29) is 29.3 Å². The number of methoxy groups -OCH3 is 1. The van der Waals surface area contributed by atoms with E-state index in [2.05, 4.69) is 10.0 Å². The molecule has 10 heteroatoms. The van der Waals surface area contributed by atoms with Gasteiger partial charge in [0.25, 0.3) is 5.91 Å². The highest BCUT2D eigenvalue weighted by Crippen LogP contribution is 2.29. The Bertz CT molecular complexity index is 897. The fraction of sp³-hybridized carbons (Fsp3) is 0.235. The van der Waals surface area contributed by atoms with Gasteiger partial charge in [-0.25, -0.2) is 13.1 Å². The van der Waals surface area contributed by atoms with E-state index in [4.69, 9.17) is 4.74 Å². The minimum atomic E-state index is -4.47. The number of sulfonamides is 1. The zero-order chi connectivity index (χ0) is 20.1. The van der Waals surface area contributed by atoms with Gasteiger partial charge in [-0.3, -0.25) is 4.79 Å². The number of benzene rings is 2. The molecule has 27 heavy (non-hydrogen) atoms. The molecule has 1 amide bonds. The molecule has 2 aromatic rings. The van der Waals surface area contributed by atoms with Crippen LogP contribution in [0.25, 0.3) is 0 Å². The third-order valence-corrected chi connectivity index (χ3v) is 4.93. The summed E-state index contributed by atoms with van der Waals surface area (Å²) in [5.41, 5.74) is -0.639. The largest absolute Gasteiger partial charge is 0.416 e. The number of rotatable bonds is 7. The van der Waals surface area contributed by atoms with Crippen LogP contribution in [0.4, 0.5) is 18.9 Å². The van der Waals surface area contributed by atoms with Crippen molar-refractivity contribution < 1.29 is 31.1 Å². The SMILES string of the molecule is COCCNS(=O)(=O)c1cccc(C(=O)Nc2ccc(C(F)(F)F)cc2)c1. The van der Waals surface area contributed by atoms with Crippen LogP contribution in [0.5, 0.6) is 0 Å². The maximum atomic E-state index is 12.6. The van der Waals surface area contributed by atoms with E-state index in [1.165, 1.54) is 31.4 Å². The van der Waals surface area contributed by atoms with Crippen molar-refractivity contribution in [1.82, 2.24) is 4.72 Å². The number of hydrogen-bond donors (Lipinski definition) is 2. The first-order valence-corrected chi connectivity index (χ1v) is 9.19. The van der Waals surface area contributed by atoms with E-state index < -0.39 is 27.7 Å². The molecule has 6 nitrogen and oxygen atoms in total. The van der Waals surface area contributed by atoms with Crippen LogP contribution in [0.15, 0.2) is 53.4 Å². The molecule has 0 bridgehead atoms. The number of halogens is 3. The standard InChI is InChI=1S/C17H17F3N2O4S/c1-26-10-9-21-27(24,25)15-4-2-3-12(11-15)16(23)22-14-7-5-13(6-8-14)17(18,19)20/h2-8,11,21H,9-10H2,1H3,(H,22,23). The molecule has 146 valence electrons. The smallest absolute Gasteiger partial charge is 0.383 e. The fourth-order valence-electron chi connectivity index (χ4n) is 2.11. The Kier molecular flexibility index (Phi) is 6.58. The van der Waals surface area contributed by atoms with Crippen LogP contribution in [0.1, 0.15) is 15.9 Å². The maximum absolute atomic E-state index is 12.6. The number of carbonyl (C=O) groups is 1. The van der Waals surface area contributed by atoms with Crippen LogP contribution in [0.2, 0.25) is 0 Å². The second-order valence-electron chi connectivity index (χ2n) is 5.45. The lowest BCUT2D eigenvalue weighted by molar-refractivity contribution is -0.137. The second kappa shape index (κ2) is 8.51. The van der Waals surface area contributed by atoms with Crippen molar-refractivity contribution >= 4 is 21.6 Å². The normalized spacial score (nSPS) is 12.0. The van der Waals surface area contributed by atoms with E-state index in [1.54, 1.807) is 0 Å². The van der Waals surface area contributed by atoms with Crippen molar-refractivity contribution in [3.05, 3.63) is 59.7 Å². The van der Waals surface area contributed by atoms with Gasteiger partial charge in [-0.1, -0.05) is 6.07 Å². The number of alkyl halides is 3. The summed E-state index contributed by atoms with van der Waals surface area (Å²) in [5, 5.41) is 2.43. The molecule has 0 atom stereocenters. The lowest BCUT2D eigenvalue weighted by Gasteiger charge is -2.10. The fourth-order valence-corrected chi connectivity index (χ4v) is 3.17. The molecule has 0 saturated carbocycles. The molecule has 0 aromatic heterocycles. The summed E-state index contributed by atoms with van der Waals surface area (Å²) in [7, 11) is -2.39. The topological polar surface area (TPSA) is 84.5 Å². The molecule has 0 unspecified atom stereocenters. The summed E-state index contributed by atoms with van der Waals surface area (Å²) in [5.74, 6) is -0.649. The van der Waals surface area contributed by atoms with Crippen LogP contribution < -0.4 is 10.0 Å². The van der Waals surface area contributed by atoms with E-state index in [1.807, 2.05) is 0 Å². The van der Waals surface area contributed by atoms with Gasteiger partial charge in [0.1, 0.15) is 0 Å². The van der Waals surface area contributed by atoms with Crippen LogP contribution in [0, 0.1) is 0 Å². The predicted molar refractivity (Wildman–Crippen MR) is 92.9 cm³/mol. The Balaban J connectivity index is 2.13. The Morgan fingerprint density at radius 1 is 1.11 bits per heavy atom. The molecular weight excluding hydrogens is 385 g/mol. The number of amides is 1. The molecule has 0 spiro atoms. The molecular formula is C17H17F3N2O4S. The van der Waals surface area contributed by atoms with Crippen molar-refractivity contribution in [3.8, 4) is 0 Å². The highest BCUT2D eigenvalue weighted by molar-refractivity contribution is 7.89. The summed E-state index contributed by atoms with van der Waals surface area (Å²) < 4.78 is 69.1. The van der Waals surface area contributed by atoms with Gasteiger partial charge in [0.05, 0.1) is 17.1 Å². The quantitative estimate of drug-likeness (QED) is 0.698. The molecule has 2 rings (SSSR count). The lowest BCUT2D eigenvalue weighted by atomic mass is 10.2. The first-order valence-electron chi connectivity index (χ1n) is 7.71. The lowest BCUT2D eigenvalue weighted by Crippen LogP contribution is -2.27. The van der Waals surface area contributed by atoms with Crippen molar-refractivity contribution in [2.45, 2.75) is 11.1 Å². The third-order valence-electron chi connectivity index (χ3n) is 3.47. The van der Waals surface area contributed by atoms with E-state index in [0.717, 1.165) is 24.3 Å². The van der Waals surface area contributed by atoms with E-state index >= 15 is 0 Å². The zero-order valence-corrected chi connectivity index (χ0v) is 15.0. The van der Waals surface area contributed by atoms with Crippen LogP contribution in [-0.2, 0) is 20.9 Å². The average molecular weight is 402 g/mol. The Labute approximate surface area is 154 Å². The van der Waals surface area contributed by atoms with E-state index in [0.29, 0.717) is 0 Å². The van der Waals surface area contributed by atoms with Crippen LogP contribution in [0.3, 0.4) is 0 Å². The first kappa shape index (κ1) is 20.9. The summed E-state index contributed by atoms with van der Waals surface area (Å²) in [6.07, 6.45) is -4.47. The molecule has 0 radical (unpaired) electrons. The Morgan fingerprint density at radius 2 is 1.78 bits per heavy atom. The predicted octanol–water partition coefficient (Wildman–Crippen LogP) is 2.88. The number of ether oxygens (including phenoxy) is 1. The number of carbonyl (C=O) groups excluding carboxylic acids is 1. The van der Waals surface area contributed by atoms with Gasteiger partial charge in [-0.05, 0) is 42.5 Å². The molecule has 2 aromatic carbocycles. The minimum absolute atomic E-state index is 0.0458.